The molecule has 1 saturated heterocycles. The Hall–Kier alpha value is -3.80. The number of benzene rings is 2. The Morgan fingerprint density at radius 1 is 0.894 bits per heavy atom. The average molecular weight is 650 g/mol. The molecule has 1 heterocycles. The number of nitrogens with one attached hydrogen (secondary N) is 3. The number of carbonyl (C=O) groups is 4. The molecule has 4 atom stereocenters. The van der Waals surface area contributed by atoms with E-state index in [0.29, 0.717) is 32.5 Å². The molecule has 1 aliphatic heterocycles. The Balaban J connectivity index is 1.80. The zero-order chi connectivity index (χ0) is 34.2. The fraction of sp³-hybridized carbons (Fsp3) is 0.556. The van der Waals surface area contributed by atoms with Crippen LogP contribution in [-0.4, -0.2) is 91.8 Å². The van der Waals surface area contributed by atoms with E-state index in [4.69, 9.17) is 11.5 Å². The maximum absolute atomic E-state index is 14.0. The summed E-state index contributed by atoms with van der Waals surface area (Å²) in [6.45, 7) is 7.37. The molecule has 2 aromatic rings. The quantitative estimate of drug-likeness (QED) is 0.155. The number of nitrogens with zero attached hydrogens (tertiary/aromatic N) is 2. The molecule has 3 rings (SSSR count). The van der Waals surface area contributed by atoms with Crippen LogP contribution in [0.1, 0.15) is 63.1 Å². The molecule has 1 fully saturated rings. The predicted octanol–water partition coefficient (Wildman–Crippen LogP) is 2.61. The molecule has 0 aliphatic carbocycles. The third-order valence-corrected chi connectivity index (χ3v) is 8.74. The molecule has 11 heteroatoms. The van der Waals surface area contributed by atoms with Gasteiger partial charge in [0, 0.05) is 58.5 Å². The molecule has 4 amide bonds. The second kappa shape index (κ2) is 19.8. The summed E-state index contributed by atoms with van der Waals surface area (Å²) in [5, 5.41) is 9.16. The number of likely N-dealkylation sites (N-methyl/N-ethyl adjacent to an activating group) is 1. The van der Waals surface area contributed by atoms with Crippen LogP contribution in [0.2, 0.25) is 0 Å². The number of carbonyl (C=O) groups excluding carboxylic acids is 4. The van der Waals surface area contributed by atoms with Crippen molar-refractivity contribution in [3.63, 3.8) is 0 Å². The number of amides is 4. The molecule has 2 aromatic carbocycles. The highest BCUT2D eigenvalue weighted by molar-refractivity contribution is 5.94. The van der Waals surface area contributed by atoms with Crippen molar-refractivity contribution < 1.29 is 19.2 Å². The molecule has 0 saturated carbocycles. The van der Waals surface area contributed by atoms with E-state index in [1.54, 1.807) is 7.05 Å². The van der Waals surface area contributed by atoms with Crippen molar-refractivity contribution in [2.24, 2.45) is 23.3 Å². The predicted molar refractivity (Wildman–Crippen MR) is 185 cm³/mol. The van der Waals surface area contributed by atoms with Crippen LogP contribution < -0.4 is 27.4 Å². The summed E-state index contributed by atoms with van der Waals surface area (Å²) in [5.74, 6) is -1.02. The van der Waals surface area contributed by atoms with Gasteiger partial charge < -0.3 is 37.2 Å². The molecule has 0 radical (unpaired) electrons. The number of piperazine rings is 1. The Morgan fingerprint density at radius 2 is 1.53 bits per heavy atom. The van der Waals surface area contributed by atoms with Crippen LogP contribution >= 0.6 is 0 Å². The van der Waals surface area contributed by atoms with Crippen molar-refractivity contribution in [3.8, 4) is 0 Å². The second-order valence-corrected chi connectivity index (χ2v) is 12.9. The number of Topliss-reactive ketones (excluding diaryl/α,β-unsaturated/α-hetero) is 1. The van der Waals surface area contributed by atoms with Crippen molar-refractivity contribution in [1.29, 1.82) is 0 Å². The SMILES string of the molecule is CC(C)C[C@@H](NC(=O)[C@@H](Cc1ccccc1)NC(=O)N(C)C(CN)c1ccccc1)C(=O)C[C@H](CCCCN)C(=O)N1CCNCC1. The average Bonchev–Trinajstić information content (AvgIpc) is 3.08. The molecule has 0 aromatic heterocycles. The lowest BCUT2D eigenvalue weighted by molar-refractivity contribution is -0.139. The Bertz CT molecular complexity index is 1250. The van der Waals surface area contributed by atoms with Gasteiger partial charge in [0.15, 0.2) is 5.78 Å². The molecule has 0 spiro atoms. The number of unbranched alkanes of at least 4 members (excludes halogenated alkanes) is 1. The van der Waals surface area contributed by atoms with E-state index in [0.717, 1.165) is 37.1 Å². The highest BCUT2D eigenvalue weighted by Gasteiger charge is 2.33. The molecule has 7 N–H and O–H groups in total. The van der Waals surface area contributed by atoms with E-state index < -0.39 is 36.0 Å². The van der Waals surface area contributed by atoms with E-state index in [2.05, 4.69) is 16.0 Å². The molecule has 1 unspecified atom stereocenters. The minimum atomic E-state index is -0.952. The smallest absolute Gasteiger partial charge is 0.318 e. The molecular weight excluding hydrogens is 594 g/mol. The highest BCUT2D eigenvalue weighted by atomic mass is 16.2. The van der Waals surface area contributed by atoms with Gasteiger partial charge in [-0.15, -0.1) is 0 Å². The van der Waals surface area contributed by atoms with Gasteiger partial charge in [0.2, 0.25) is 11.8 Å². The Labute approximate surface area is 280 Å². The highest BCUT2D eigenvalue weighted by Crippen LogP contribution is 2.21. The van der Waals surface area contributed by atoms with Gasteiger partial charge in [-0.2, -0.15) is 0 Å². The van der Waals surface area contributed by atoms with E-state index >= 15 is 0 Å². The van der Waals surface area contributed by atoms with Gasteiger partial charge in [-0.05, 0) is 42.9 Å². The van der Waals surface area contributed by atoms with Crippen LogP contribution in [0.25, 0.3) is 0 Å². The van der Waals surface area contributed by atoms with Gasteiger partial charge in [-0.1, -0.05) is 80.9 Å². The van der Waals surface area contributed by atoms with Gasteiger partial charge >= 0.3 is 6.03 Å². The number of hydrogen-bond acceptors (Lipinski definition) is 7. The van der Waals surface area contributed by atoms with E-state index in [9.17, 15) is 19.2 Å². The van der Waals surface area contributed by atoms with Crippen LogP contribution in [0.5, 0.6) is 0 Å². The summed E-state index contributed by atoms with van der Waals surface area (Å²) in [6.07, 6.45) is 2.78. The van der Waals surface area contributed by atoms with Gasteiger partial charge in [-0.25, -0.2) is 4.79 Å². The molecule has 11 nitrogen and oxygen atoms in total. The lowest BCUT2D eigenvalue weighted by Crippen LogP contribution is -2.55. The van der Waals surface area contributed by atoms with Crippen LogP contribution in [-0.2, 0) is 20.8 Å². The van der Waals surface area contributed by atoms with Crippen molar-refractivity contribution in [1.82, 2.24) is 25.8 Å². The van der Waals surface area contributed by atoms with Gasteiger partial charge in [0.25, 0.3) is 0 Å². The number of hydrogen-bond donors (Lipinski definition) is 5. The normalized spacial score (nSPS) is 15.7. The maximum atomic E-state index is 14.0. The first-order valence-corrected chi connectivity index (χ1v) is 17.0. The first-order chi connectivity index (χ1) is 22.6. The monoisotopic (exact) mass is 649 g/mol. The summed E-state index contributed by atoms with van der Waals surface area (Å²) in [7, 11) is 1.66. The summed E-state index contributed by atoms with van der Waals surface area (Å²) >= 11 is 0. The van der Waals surface area contributed by atoms with Crippen LogP contribution in [0.4, 0.5) is 4.79 Å². The molecule has 0 bridgehead atoms. The number of rotatable bonds is 18. The van der Waals surface area contributed by atoms with Gasteiger partial charge in [0.1, 0.15) is 6.04 Å². The topological polar surface area (TPSA) is 163 Å². The Morgan fingerprint density at radius 3 is 2.13 bits per heavy atom. The lowest BCUT2D eigenvalue weighted by atomic mass is 9.89. The fourth-order valence-corrected chi connectivity index (χ4v) is 6.04. The van der Waals surface area contributed by atoms with Gasteiger partial charge in [0.05, 0.1) is 12.1 Å². The van der Waals surface area contributed by atoms with Crippen molar-refractivity contribution >= 4 is 23.6 Å². The third kappa shape index (κ3) is 12.1. The molecule has 258 valence electrons. The first-order valence-electron chi connectivity index (χ1n) is 17.0. The Kier molecular flexibility index (Phi) is 15.8. The minimum absolute atomic E-state index is 0.0170. The largest absolute Gasteiger partial charge is 0.344 e. The zero-order valence-electron chi connectivity index (χ0n) is 28.3. The number of urea groups is 1. The second-order valence-electron chi connectivity index (χ2n) is 12.9. The van der Waals surface area contributed by atoms with Crippen molar-refractivity contribution in [2.45, 2.75) is 70.5 Å². The fourth-order valence-electron chi connectivity index (χ4n) is 6.04. The maximum Gasteiger partial charge on any atom is 0.318 e. The van der Waals surface area contributed by atoms with E-state index in [1.807, 2.05) is 79.4 Å². The lowest BCUT2D eigenvalue weighted by Gasteiger charge is -2.32. The van der Waals surface area contributed by atoms with Crippen molar-refractivity contribution in [3.05, 3.63) is 71.8 Å². The first kappa shape index (κ1) is 37.7. The van der Waals surface area contributed by atoms with Gasteiger partial charge in [-0.3, -0.25) is 14.4 Å². The summed E-state index contributed by atoms with van der Waals surface area (Å²) in [5.41, 5.74) is 13.5. The summed E-state index contributed by atoms with van der Waals surface area (Å²) in [4.78, 5) is 58.3. The van der Waals surface area contributed by atoms with Crippen LogP contribution in [0.3, 0.4) is 0 Å². The van der Waals surface area contributed by atoms with E-state index in [1.165, 1.54) is 4.90 Å². The van der Waals surface area contributed by atoms with E-state index in [-0.39, 0.29) is 37.0 Å². The summed E-state index contributed by atoms with van der Waals surface area (Å²) < 4.78 is 0. The standard InChI is InChI=1S/C36H55N7O4/c1-26(2)22-30(33(44)24-29(16-10-11-17-37)35(46)43-20-18-39-19-21-43)40-34(45)31(23-27-12-6-4-7-13-27)41-36(47)42(3)32(25-38)28-14-8-5-9-15-28/h4-9,12-15,26,29-32,39H,10-11,16-25,37-38H2,1-3H3,(H,40,45)(H,41,47)/t29-,30+,31+,32?/m0/s1. The third-order valence-electron chi connectivity index (χ3n) is 8.74. The van der Waals surface area contributed by atoms with Crippen molar-refractivity contribution in [2.75, 3.05) is 46.3 Å². The number of ketones is 1. The summed E-state index contributed by atoms with van der Waals surface area (Å²) in [6, 6.07) is 16.3. The zero-order valence-corrected chi connectivity index (χ0v) is 28.3. The van der Waals surface area contributed by atoms with Crippen LogP contribution in [0.15, 0.2) is 60.7 Å². The molecular formula is C36H55N7O4. The number of nitrogens with two attached hydrogens (primary N) is 2. The van der Waals surface area contributed by atoms with Crippen LogP contribution in [0, 0.1) is 11.8 Å². The molecule has 47 heavy (non-hydrogen) atoms. The molecule has 1 aliphatic rings. The minimum Gasteiger partial charge on any atom is -0.344 e.